The predicted octanol–water partition coefficient (Wildman–Crippen LogP) is 2.95. The highest BCUT2D eigenvalue weighted by molar-refractivity contribution is 5.85. The number of nitrogens with zero attached hydrogens (tertiary/aromatic N) is 1. The Labute approximate surface area is 144 Å². The molecule has 1 aromatic carbocycles. The molecule has 0 saturated carbocycles. The maximum absolute atomic E-state index is 12.8. The van der Waals surface area contributed by atoms with Gasteiger partial charge in [-0.15, -0.1) is 12.4 Å². The lowest BCUT2D eigenvalue weighted by molar-refractivity contribution is -0.135. The minimum atomic E-state index is 0. The zero-order valence-electron chi connectivity index (χ0n) is 13.7. The van der Waals surface area contributed by atoms with Crippen LogP contribution >= 0.6 is 12.4 Å². The zero-order chi connectivity index (χ0) is 15.5. The number of fused-ring (bicyclic) bond motifs is 1. The van der Waals surface area contributed by atoms with Gasteiger partial charge < -0.3 is 15.4 Å². The van der Waals surface area contributed by atoms with E-state index in [2.05, 4.69) is 13.0 Å². The average molecular weight is 339 g/mol. The fraction of sp³-hybridized carbons (Fsp3) is 0.611. The van der Waals surface area contributed by atoms with Gasteiger partial charge in [0.1, 0.15) is 5.75 Å². The van der Waals surface area contributed by atoms with Crippen LogP contribution in [0, 0.1) is 5.92 Å². The Hall–Kier alpha value is -1.26. The molecule has 0 aliphatic carbocycles. The van der Waals surface area contributed by atoms with Crippen LogP contribution in [0.15, 0.2) is 24.3 Å². The highest BCUT2D eigenvalue weighted by Gasteiger charge is 2.31. The molecule has 4 nitrogen and oxygen atoms in total. The number of carbonyl (C=O) groups excluding carboxylic acids is 1. The first-order valence-electron chi connectivity index (χ1n) is 8.40. The van der Waals surface area contributed by atoms with E-state index in [9.17, 15) is 4.79 Å². The van der Waals surface area contributed by atoms with Crippen molar-refractivity contribution in [1.82, 2.24) is 4.90 Å². The van der Waals surface area contributed by atoms with E-state index < -0.39 is 0 Å². The molecule has 23 heavy (non-hydrogen) atoms. The van der Waals surface area contributed by atoms with Crippen LogP contribution in [0.25, 0.3) is 0 Å². The summed E-state index contributed by atoms with van der Waals surface area (Å²) in [6.07, 6.45) is 3.62. The number of para-hydroxylation sites is 1. The van der Waals surface area contributed by atoms with Crippen LogP contribution in [0.2, 0.25) is 0 Å². The Balaban J connectivity index is 0.00000192. The molecule has 3 atom stereocenters. The first kappa shape index (κ1) is 18.1. The van der Waals surface area contributed by atoms with E-state index in [-0.39, 0.29) is 30.3 Å². The molecule has 2 N–H and O–H groups in total. The fourth-order valence-corrected chi connectivity index (χ4v) is 3.76. The van der Waals surface area contributed by atoms with Crippen LogP contribution in [0.5, 0.6) is 5.75 Å². The summed E-state index contributed by atoms with van der Waals surface area (Å²) in [5, 5.41) is 0. The third-order valence-electron chi connectivity index (χ3n) is 5.07. The number of halogens is 1. The van der Waals surface area contributed by atoms with Crippen molar-refractivity contribution in [2.24, 2.45) is 11.7 Å². The van der Waals surface area contributed by atoms with E-state index in [0.29, 0.717) is 25.5 Å². The van der Waals surface area contributed by atoms with E-state index >= 15 is 0 Å². The van der Waals surface area contributed by atoms with Gasteiger partial charge in [0.15, 0.2) is 0 Å². The van der Waals surface area contributed by atoms with Gasteiger partial charge in [-0.25, -0.2) is 0 Å². The Bertz CT molecular complexity index is 538. The number of rotatable bonds is 3. The van der Waals surface area contributed by atoms with Gasteiger partial charge in [0.2, 0.25) is 5.91 Å². The summed E-state index contributed by atoms with van der Waals surface area (Å²) >= 11 is 0. The van der Waals surface area contributed by atoms with E-state index in [1.54, 1.807) is 0 Å². The maximum atomic E-state index is 12.8. The van der Waals surface area contributed by atoms with Crippen molar-refractivity contribution in [2.75, 3.05) is 19.7 Å². The molecule has 2 aliphatic rings. The normalized spacial score (nSPS) is 26.7. The highest BCUT2D eigenvalue weighted by Crippen LogP contribution is 2.36. The number of hydrogen-bond acceptors (Lipinski definition) is 3. The second-order valence-electron chi connectivity index (χ2n) is 6.68. The Morgan fingerprint density at radius 2 is 2.13 bits per heavy atom. The molecule has 1 aromatic rings. The van der Waals surface area contributed by atoms with Crippen molar-refractivity contribution in [1.29, 1.82) is 0 Å². The summed E-state index contributed by atoms with van der Waals surface area (Å²) in [5.74, 6) is 2.13. The van der Waals surface area contributed by atoms with Crippen LogP contribution in [-0.4, -0.2) is 36.5 Å². The van der Waals surface area contributed by atoms with Gasteiger partial charge in [0.25, 0.3) is 0 Å². The number of likely N-dealkylation sites (tertiary alicyclic amines) is 1. The number of benzene rings is 1. The molecular weight excluding hydrogens is 312 g/mol. The van der Waals surface area contributed by atoms with E-state index in [0.717, 1.165) is 31.6 Å². The molecule has 3 unspecified atom stereocenters. The highest BCUT2D eigenvalue weighted by atomic mass is 35.5. The Morgan fingerprint density at radius 3 is 2.91 bits per heavy atom. The van der Waals surface area contributed by atoms with Gasteiger partial charge in [-0.1, -0.05) is 25.1 Å². The lowest BCUT2D eigenvalue weighted by Gasteiger charge is -2.39. The lowest BCUT2D eigenvalue weighted by atomic mass is 9.88. The van der Waals surface area contributed by atoms with Crippen LogP contribution < -0.4 is 10.5 Å². The fourth-order valence-electron chi connectivity index (χ4n) is 3.76. The molecule has 2 heterocycles. The minimum absolute atomic E-state index is 0. The molecular formula is C18H27ClN2O2. The van der Waals surface area contributed by atoms with E-state index in [4.69, 9.17) is 10.5 Å². The van der Waals surface area contributed by atoms with Gasteiger partial charge >= 0.3 is 0 Å². The van der Waals surface area contributed by atoms with Crippen LogP contribution in [0.4, 0.5) is 0 Å². The predicted molar refractivity (Wildman–Crippen MR) is 94.1 cm³/mol. The van der Waals surface area contributed by atoms with E-state index in [1.165, 1.54) is 5.56 Å². The first-order chi connectivity index (χ1) is 10.7. The van der Waals surface area contributed by atoms with Crippen molar-refractivity contribution in [3.8, 4) is 5.75 Å². The molecule has 1 saturated heterocycles. The quantitative estimate of drug-likeness (QED) is 0.921. The van der Waals surface area contributed by atoms with Gasteiger partial charge in [0.05, 0.1) is 6.61 Å². The molecule has 3 rings (SSSR count). The van der Waals surface area contributed by atoms with Crippen molar-refractivity contribution in [3.63, 3.8) is 0 Å². The summed E-state index contributed by atoms with van der Waals surface area (Å²) in [6.45, 7) is 4.37. The molecule has 2 aliphatic heterocycles. The van der Waals surface area contributed by atoms with Crippen molar-refractivity contribution >= 4 is 18.3 Å². The average Bonchev–Trinajstić information content (AvgIpc) is 2.55. The number of hydrogen-bond donors (Lipinski definition) is 1. The SMILES string of the molecule is CC1CCN(C(=O)CC2CCOc3ccccc32)C(CN)C1.Cl. The topological polar surface area (TPSA) is 55.6 Å². The molecule has 0 spiro atoms. The second-order valence-corrected chi connectivity index (χ2v) is 6.68. The number of ether oxygens (including phenoxy) is 1. The molecule has 0 aromatic heterocycles. The zero-order valence-corrected chi connectivity index (χ0v) is 14.6. The number of carbonyl (C=O) groups is 1. The number of amides is 1. The first-order valence-corrected chi connectivity index (χ1v) is 8.40. The molecule has 0 bridgehead atoms. The molecule has 1 fully saturated rings. The molecule has 1 amide bonds. The van der Waals surface area contributed by atoms with Crippen LogP contribution in [0.3, 0.4) is 0 Å². The number of nitrogens with two attached hydrogens (primary N) is 1. The van der Waals surface area contributed by atoms with Crippen LogP contribution in [-0.2, 0) is 4.79 Å². The molecule has 0 radical (unpaired) electrons. The minimum Gasteiger partial charge on any atom is -0.493 e. The smallest absolute Gasteiger partial charge is 0.223 e. The van der Waals surface area contributed by atoms with Crippen LogP contribution in [0.1, 0.15) is 44.1 Å². The molecule has 5 heteroatoms. The largest absolute Gasteiger partial charge is 0.493 e. The summed E-state index contributed by atoms with van der Waals surface area (Å²) in [7, 11) is 0. The Kier molecular flexibility index (Phi) is 6.31. The monoisotopic (exact) mass is 338 g/mol. The summed E-state index contributed by atoms with van der Waals surface area (Å²) in [4.78, 5) is 14.8. The van der Waals surface area contributed by atoms with Crippen molar-refractivity contribution in [3.05, 3.63) is 29.8 Å². The summed E-state index contributed by atoms with van der Waals surface area (Å²) in [6, 6.07) is 8.31. The summed E-state index contributed by atoms with van der Waals surface area (Å²) < 4.78 is 5.69. The third-order valence-corrected chi connectivity index (χ3v) is 5.07. The van der Waals surface area contributed by atoms with Gasteiger partial charge in [-0.3, -0.25) is 4.79 Å². The third kappa shape index (κ3) is 3.99. The van der Waals surface area contributed by atoms with E-state index in [1.807, 2.05) is 23.1 Å². The second kappa shape index (κ2) is 8.02. The molecule has 128 valence electrons. The maximum Gasteiger partial charge on any atom is 0.223 e. The standard InChI is InChI=1S/C18H26N2O2.ClH/c1-13-6-8-20(15(10-13)12-19)18(21)11-14-7-9-22-17-5-3-2-4-16(14)17;/h2-5,13-15H,6-12,19H2,1H3;1H. The Morgan fingerprint density at radius 1 is 1.35 bits per heavy atom. The lowest BCUT2D eigenvalue weighted by Crippen LogP contribution is -2.49. The summed E-state index contributed by atoms with van der Waals surface area (Å²) in [5.41, 5.74) is 7.07. The van der Waals surface area contributed by atoms with Gasteiger partial charge in [0, 0.05) is 25.6 Å². The van der Waals surface area contributed by atoms with Gasteiger partial charge in [-0.05, 0) is 42.7 Å². The van der Waals surface area contributed by atoms with Gasteiger partial charge in [-0.2, -0.15) is 0 Å². The van der Waals surface area contributed by atoms with Crippen molar-refractivity contribution in [2.45, 2.75) is 44.6 Å². The van der Waals surface area contributed by atoms with Crippen molar-refractivity contribution < 1.29 is 9.53 Å². The number of piperidine rings is 1.